The highest BCUT2D eigenvalue weighted by Gasteiger charge is 2.25. The molecule has 0 unspecified atom stereocenters. The first-order valence-corrected chi connectivity index (χ1v) is 5.91. The van der Waals surface area contributed by atoms with E-state index in [1.807, 2.05) is 6.92 Å². The molecule has 0 bridgehead atoms. The fraction of sp³-hybridized carbons (Fsp3) is 0.778. The van der Waals surface area contributed by atoms with Crippen LogP contribution in [0.5, 0.6) is 0 Å². The Morgan fingerprint density at radius 1 is 1.06 bits per heavy atom. The number of esters is 2. The molecule has 16 heavy (non-hydrogen) atoms. The third-order valence-electron chi connectivity index (χ3n) is 1.51. The van der Waals surface area contributed by atoms with Crippen LogP contribution in [0.25, 0.3) is 0 Å². The molecule has 0 N–H and O–H groups in total. The molecular formula is C9H13Cl3O4. The molecule has 4 nitrogen and oxygen atoms in total. The van der Waals surface area contributed by atoms with Crippen LogP contribution >= 0.6 is 34.8 Å². The molecule has 0 saturated carbocycles. The van der Waals surface area contributed by atoms with Crippen molar-refractivity contribution < 1.29 is 19.1 Å². The highest BCUT2D eigenvalue weighted by Crippen LogP contribution is 2.25. The smallest absolute Gasteiger partial charge is 0.417 e. The van der Waals surface area contributed by atoms with Crippen LogP contribution in [0, 0.1) is 0 Å². The van der Waals surface area contributed by atoms with E-state index in [1.165, 1.54) is 0 Å². The van der Waals surface area contributed by atoms with Crippen molar-refractivity contribution >= 4 is 46.7 Å². The first-order chi connectivity index (χ1) is 7.37. The number of ether oxygens (including phenoxy) is 2. The average molecular weight is 292 g/mol. The minimum absolute atomic E-state index is 0.190. The van der Waals surface area contributed by atoms with Crippen molar-refractivity contribution in [2.45, 2.75) is 30.0 Å². The highest BCUT2D eigenvalue weighted by molar-refractivity contribution is 6.67. The lowest BCUT2D eigenvalue weighted by molar-refractivity contribution is -0.167. The molecule has 0 amide bonds. The molecule has 0 aromatic heterocycles. The molecule has 0 saturated heterocycles. The van der Waals surface area contributed by atoms with Crippen molar-refractivity contribution in [3.8, 4) is 0 Å². The number of carbonyl (C=O) groups excluding carboxylic acids is 2. The van der Waals surface area contributed by atoms with Crippen LogP contribution in [0.4, 0.5) is 0 Å². The molecule has 0 aliphatic rings. The molecule has 94 valence electrons. The van der Waals surface area contributed by atoms with Gasteiger partial charge in [0.2, 0.25) is 3.79 Å². The minimum Gasteiger partial charge on any atom is -0.457 e. The molecule has 0 fully saturated rings. The topological polar surface area (TPSA) is 52.6 Å². The van der Waals surface area contributed by atoms with E-state index in [4.69, 9.17) is 34.8 Å². The molecule has 0 aliphatic heterocycles. The Labute approximate surface area is 109 Å². The predicted molar refractivity (Wildman–Crippen MR) is 61.7 cm³/mol. The van der Waals surface area contributed by atoms with E-state index in [9.17, 15) is 9.59 Å². The Balaban J connectivity index is 3.70. The summed E-state index contributed by atoms with van der Waals surface area (Å²) in [7, 11) is 0. The van der Waals surface area contributed by atoms with E-state index in [-0.39, 0.29) is 6.61 Å². The van der Waals surface area contributed by atoms with Gasteiger partial charge in [-0.25, -0.2) is 9.59 Å². The molecule has 0 rings (SSSR count). The second-order valence-corrected chi connectivity index (χ2v) is 5.55. The van der Waals surface area contributed by atoms with Gasteiger partial charge in [-0.3, -0.25) is 0 Å². The van der Waals surface area contributed by atoms with E-state index >= 15 is 0 Å². The second kappa shape index (κ2) is 7.98. The summed E-state index contributed by atoms with van der Waals surface area (Å²) < 4.78 is 7.32. The average Bonchev–Trinajstić information content (AvgIpc) is 2.19. The van der Waals surface area contributed by atoms with Crippen molar-refractivity contribution in [3.63, 3.8) is 0 Å². The van der Waals surface area contributed by atoms with Gasteiger partial charge in [-0.05, 0) is 6.42 Å². The lowest BCUT2D eigenvalue weighted by Gasteiger charge is -2.10. The summed E-state index contributed by atoms with van der Waals surface area (Å²) in [6.45, 7) is 1.72. The number of alkyl halides is 3. The summed E-state index contributed by atoms with van der Waals surface area (Å²) in [4.78, 5) is 22.0. The van der Waals surface area contributed by atoms with Gasteiger partial charge in [-0.15, -0.1) is 0 Å². The van der Waals surface area contributed by atoms with Gasteiger partial charge >= 0.3 is 11.9 Å². The van der Waals surface area contributed by atoms with Crippen LogP contribution in [-0.2, 0) is 19.1 Å². The standard InChI is InChI=1S/C9H13Cl3O4/c1-2-3-4-5-15-7(13)8(14)16-6-9(10,11)12/h2-6H2,1H3. The monoisotopic (exact) mass is 290 g/mol. The quantitative estimate of drug-likeness (QED) is 0.338. The fourth-order valence-corrected chi connectivity index (χ4v) is 0.946. The van der Waals surface area contributed by atoms with Crippen LogP contribution in [-0.4, -0.2) is 28.9 Å². The lowest BCUT2D eigenvalue weighted by Crippen LogP contribution is -2.25. The van der Waals surface area contributed by atoms with E-state index in [1.54, 1.807) is 0 Å². The molecule has 0 spiro atoms. The normalized spacial score (nSPS) is 11.0. The number of hydrogen-bond donors (Lipinski definition) is 0. The molecule has 0 heterocycles. The largest absolute Gasteiger partial charge is 0.457 e. The summed E-state index contributed by atoms with van der Waals surface area (Å²) in [6, 6.07) is 0. The predicted octanol–water partition coefficient (Wildman–Crippen LogP) is 2.63. The number of rotatable bonds is 5. The van der Waals surface area contributed by atoms with Gasteiger partial charge in [0.25, 0.3) is 0 Å². The minimum atomic E-state index is -1.72. The van der Waals surface area contributed by atoms with Crippen LogP contribution in [0.3, 0.4) is 0 Å². The van der Waals surface area contributed by atoms with Crippen molar-refractivity contribution in [3.05, 3.63) is 0 Å². The third kappa shape index (κ3) is 9.07. The maximum atomic E-state index is 11.0. The van der Waals surface area contributed by atoms with Crippen LogP contribution in [0.15, 0.2) is 0 Å². The SMILES string of the molecule is CCCCCOC(=O)C(=O)OCC(Cl)(Cl)Cl. The van der Waals surface area contributed by atoms with E-state index in [0.29, 0.717) is 6.42 Å². The Morgan fingerprint density at radius 2 is 1.62 bits per heavy atom. The van der Waals surface area contributed by atoms with Gasteiger partial charge in [-0.1, -0.05) is 54.6 Å². The number of carbonyl (C=O) groups is 2. The highest BCUT2D eigenvalue weighted by atomic mass is 35.6. The second-order valence-electron chi connectivity index (χ2n) is 3.03. The Kier molecular flexibility index (Phi) is 7.89. The molecule has 0 atom stereocenters. The van der Waals surface area contributed by atoms with E-state index in [0.717, 1.165) is 12.8 Å². The van der Waals surface area contributed by atoms with Gasteiger partial charge in [0.15, 0.2) is 0 Å². The molecule has 7 heteroatoms. The van der Waals surface area contributed by atoms with Crippen LogP contribution in [0.2, 0.25) is 0 Å². The zero-order chi connectivity index (χ0) is 12.6. The van der Waals surface area contributed by atoms with Crippen molar-refractivity contribution in [1.29, 1.82) is 0 Å². The summed E-state index contributed by atoms with van der Waals surface area (Å²) in [5, 5.41) is 0. The third-order valence-corrected chi connectivity index (χ3v) is 1.84. The van der Waals surface area contributed by atoms with Crippen LogP contribution in [0.1, 0.15) is 26.2 Å². The summed E-state index contributed by atoms with van der Waals surface area (Å²) in [5.74, 6) is -2.21. The van der Waals surface area contributed by atoms with E-state index in [2.05, 4.69) is 9.47 Å². The van der Waals surface area contributed by atoms with Gasteiger partial charge < -0.3 is 9.47 Å². The maximum Gasteiger partial charge on any atom is 0.417 e. The zero-order valence-electron chi connectivity index (χ0n) is 8.80. The number of unbranched alkanes of at least 4 members (excludes halogenated alkanes) is 2. The van der Waals surface area contributed by atoms with Gasteiger partial charge in [0.05, 0.1) is 6.61 Å². The lowest BCUT2D eigenvalue weighted by atomic mass is 10.3. The summed E-state index contributed by atoms with van der Waals surface area (Å²) in [5.41, 5.74) is 0. The first kappa shape index (κ1) is 15.8. The van der Waals surface area contributed by atoms with Crippen molar-refractivity contribution in [2.24, 2.45) is 0 Å². The van der Waals surface area contributed by atoms with Crippen LogP contribution < -0.4 is 0 Å². The Morgan fingerprint density at radius 3 is 2.12 bits per heavy atom. The van der Waals surface area contributed by atoms with E-state index < -0.39 is 22.3 Å². The summed E-state index contributed by atoms with van der Waals surface area (Å²) in [6.07, 6.45) is 2.63. The molecule has 0 aromatic rings. The van der Waals surface area contributed by atoms with Crippen molar-refractivity contribution in [2.75, 3.05) is 13.2 Å². The Bertz CT molecular complexity index is 237. The zero-order valence-corrected chi connectivity index (χ0v) is 11.1. The molecular weight excluding hydrogens is 278 g/mol. The summed E-state index contributed by atoms with van der Waals surface area (Å²) >= 11 is 16.0. The van der Waals surface area contributed by atoms with Gasteiger partial charge in [0, 0.05) is 0 Å². The van der Waals surface area contributed by atoms with Gasteiger partial charge in [0.1, 0.15) is 6.61 Å². The van der Waals surface area contributed by atoms with Gasteiger partial charge in [-0.2, -0.15) is 0 Å². The molecule has 0 radical (unpaired) electrons. The first-order valence-electron chi connectivity index (χ1n) is 4.77. The Hall–Kier alpha value is -0.190. The number of hydrogen-bond acceptors (Lipinski definition) is 4. The fourth-order valence-electron chi connectivity index (χ4n) is 0.782. The van der Waals surface area contributed by atoms with Crippen molar-refractivity contribution in [1.82, 2.24) is 0 Å². The maximum absolute atomic E-state index is 11.0. The molecule has 0 aromatic carbocycles. The number of halogens is 3. The molecule has 0 aliphatic carbocycles.